The third-order valence-electron chi connectivity index (χ3n) is 4.59. The summed E-state index contributed by atoms with van der Waals surface area (Å²) < 4.78 is 27.7. The van der Waals surface area contributed by atoms with Gasteiger partial charge in [-0.2, -0.15) is 0 Å². The lowest BCUT2D eigenvalue weighted by atomic mass is 10.1. The Morgan fingerprint density at radius 3 is 2.48 bits per heavy atom. The van der Waals surface area contributed by atoms with Crippen LogP contribution in [0.4, 0.5) is 0 Å². The molecule has 2 aromatic carbocycles. The van der Waals surface area contributed by atoms with Gasteiger partial charge in [0.1, 0.15) is 5.01 Å². The molecule has 0 saturated carbocycles. The van der Waals surface area contributed by atoms with Gasteiger partial charge in [0, 0.05) is 17.0 Å². The van der Waals surface area contributed by atoms with Crippen molar-refractivity contribution < 1.29 is 8.42 Å². The Morgan fingerprint density at radius 2 is 1.78 bits per heavy atom. The van der Waals surface area contributed by atoms with Crippen molar-refractivity contribution in [3.63, 3.8) is 0 Å². The molecule has 4 nitrogen and oxygen atoms in total. The van der Waals surface area contributed by atoms with Crippen molar-refractivity contribution in [2.75, 3.05) is 6.54 Å². The second-order valence-corrected chi connectivity index (χ2v) is 9.64. The molecule has 142 valence electrons. The molecule has 0 fully saturated rings. The lowest BCUT2D eigenvalue weighted by Gasteiger charge is -2.08. The van der Waals surface area contributed by atoms with Gasteiger partial charge in [-0.25, -0.2) is 18.1 Å². The first kappa shape index (κ1) is 19.7. The number of aromatic nitrogens is 1. The van der Waals surface area contributed by atoms with Crippen molar-refractivity contribution >= 4 is 21.4 Å². The van der Waals surface area contributed by atoms with E-state index in [0.717, 1.165) is 32.3 Å². The van der Waals surface area contributed by atoms with E-state index in [1.54, 1.807) is 23.5 Å². The van der Waals surface area contributed by atoms with E-state index in [1.807, 2.05) is 32.9 Å². The summed E-state index contributed by atoms with van der Waals surface area (Å²) in [5.74, 6) is 0. The molecule has 0 radical (unpaired) electrons. The van der Waals surface area contributed by atoms with Crippen molar-refractivity contribution in [1.82, 2.24) is 9.71 Å². The second-order valence-electron chi connectivity index (χ2n) is 6.79. The minimum absolute atomic E-state index is 0.312. The molecular formula is C21H24N2O2S2. The average Bonchev–Trinajstić information content (AvgIpc) is 2.98. The van der Waals surface area contributed by atoms with Crippen molar-refractivity contribution in [1.29, 1.82) is 0 Å². The Bertz CT molecular complexity index is 1070. The number of nitrogens with zero attached hydrogens (tertiary/aromatic N) is 1. The van der Waals surface area contributed by atoms with Gasteiger partial charge < -0.3 is 0 Å². The number of rotatable bonds is 6. The van der Waals surface area contributed by atoms with Crippen molar-refractivity contribution in [3.8, 4) is 10.6 Å². The summed E-state index contributed by atoms with van der Waals surface area (Å²) >= 11 is 1.63. The maximum absolute atomic E-state index is 12.5. The summed E-state index contributed by atoms with van der Waals surface area (Å²) in [6.07, 6.45) is 0.624. The third kappa shape index (κ3) is 4.64. The molecule has 0 amide bonds. The third-order valence-corrected chi connectivity index (χ3v) is 7.32. The monoisotopic (exact) mass is 400 g/mol. The Labute approximate surface area is 165 Å². The maximum atomic E-state index is 12.5. The largest absolute Gasteiger partial charge is 0.241 e. The Kier molecular flexibility index (Phi) is 5.79. The highest BCUT2D eigenvalue weighted by Gasteiger charge is 2.15. The van der Waals surface area contributed by atoms with Crippen LogP contribution in [0.15, 0.2) is 47.4 Å². The zero-order valence-electron chi connectivity index (χ0n) is 16.0. The standard InChI is InChI=1S/C21H24N2O2S2/c1-14-6-5-7-18(12-14)21-23-17(4)20(26-21)10-11-22-27(24,25)19-9-8-15(2)16(3)13-19/h5-9,12-13,22H,10-11H2,1-4H3. The van der Waals surface area contributed by atoms with Gasteiger partial charge in [-0.05, 0) is 63.4 Å². The Morgan fingerprint density at radius 1 is 1.00 bits per heavy atom. The quantitative estimate of drug-likeness (QED) is 0.660. The molecule has 0 saturated heterocycles. The predicted octanol–water partition coefficient (Wildman–Crippen LogP) is 4.56. The van der Waals surface area contributed by atoms with Crippen LogP contribution in [0.5, 0.6) is 0 Å². The first-order chi connectivity index (χ1) is 12.8. The fourth-order valence-electron chi connectivity index (χ4n) is 2.82. The highest BCUT2D eigenvalue weighted by atomic mass is 32.2. The molecule has 0 unspecified atom stereocenters. The highest BCUT2D eigenvalue weighted by molar-refractivity contribution is 7.89. The molecule has 0 aliphatic heterocycles. The molecule has 0 atom stereocenters. The molecule has 0 spiro atoms. The van der Waals surface area contributed by atoms with E-state index in [1.165, 1.54) is 5.56 Å². The van der Waals surface area contributed by atoms with Crippen LogP contribution < -0.4 is 4.72 Å². The van der Waals surface area contributed by atoms with E-state index < -0.39 is 10.0 Å². The van der Waals surface area contributed by atoms with Gasteiger partial charge in [0.15, 0.2) is 0 Å². The van der Waals surface area contributed by atoms with E-state index in [-0.39, 0.29) is 0 Å². The van der Waals surface area contributed by atoms with Crippen LogP contribution in [0.2, 0.25) is 0 Å². The van der Waals surface area contributed by atoms with Crippen molar-refractivity contribution in [3.05, 3.63) is 69.7 Å². The van der Waals surface area contributed by atoms with Crippen molar-refractivity contribution in [2.24, 2.45) is 0 Å². The zero-order chi connectivity index (χ0) is 19.6. The molecule has 1 N–H and O–H groups in total. The molecule has 0 aliphatic rings. The topological polar surface area (TPSA) is 59.1 Å². The van der Waals surface area contributed by atoms with Crippen LogP contribution in [0.3, 0.4) is 0 Å². The zero-order valence-corrected chi connectivity index (χ0v) is 17.7. The van der Waals surface area contributed by atoms with Gasteiger partial charge in [-0.1, -0.05) is 29.8 Å². The van der Waals surface area contributed by atoms with Crippen LogP contribution in [0.1, 0.15) is 27.3 Å². The molecule has 0 bridgehead atoms. The summed E-state index contributed by atoms with van der Waals surface area (Å²) in [4.78, 5) is 6.08. The molecule has 3 aromatic rings. The summed E-state index contributed by atoms with van der Waals surface area (Å²) in [7, 11) is -3.50. The normalized spacial score (nSPS) is 11.7. The fraction of sp³-hybridized carbons (Fsp3) is 0.286. The smallest absolute Gasteiger partial charge is 0.240 e. The number of thiazole rings is 1. The van der Waals surface area contributed by atoms with Gasteiger partial charge in [0.25, 0.3) is 0 Å². The number of aryl methyl sites for hydroxylation is 4. The molecule has 0 aliphatic carbocycles. The summed E-state index contributed by atoms with van der Waals surface area (Å²) in [5.41, 5.74) is 5.31. The van der Waals surface area contributed by atoms with Gasteiger partial charge >= 0.3 is 0 Å². The van der Waals surface area contributed by atoms with Crippen LogP contribution >= 0.6 is 11.3 Å². The predicted molar refractivity (Wildman–Crippen MR) is 112 cm³/mol. The maximum Gasteiger partial charge on any atom is 0.240 e. The number of benzene rings is 2. The van der Waals surface area contributed by atoms with E-state index in [0.29, 0.717) is 17.9 Å². The van der Waals surface area contributed by atoms with Crippen LogP contribution in [-0.4, -0.2) is 19.9 Å². The lowest BCUT2D eigenvalue weighted by Crippen LogP contribution is -2.26. The number of nitrogens with one attached hydrogen (secondary N) is 1. The SMILES string of the molecule is Cc1cccc(-c2nc(C)c(CCNS(=O)(=O)c3ccc(C)c(C)c3)s2)c1. The van der Waals surface area contributed by atoms with Crippen LogP contribution in [0.25, 0.3) is 10.6 Å². The minimum Gasteiger partial charge on any atom is -0.241 e. The molecule has 6 heteroatoms. The van der Waals surface area contributed by atoms with Crippen LogP contribution in [-0.2, 0) is 16.4 Å². The fourth-order valence-corrected chi connectivity index (χ4v) is 5.00. The minimum atomic E-state index is -3.50. The van der Waals surface area contributed by atoms with Gasteiger partial charge in [0.2, 0.25) is 10.0 Å². The number of hydrogen-bond donors (Lipinski definition) is 1. The number of hydrogen-bond acceptors (Lipinski definition) is 4. The van der Waals surface area contributed by atoms with E-state index in [9.17, 15) is 8.42 Å². The first-order valence-electron chi connectivity index (χ1n) is 8.86. The van der Waals surface area contributed by atoms with Gasteiger partial charge in [-0.15, -0.1) is 11.3 Å². The van der Waals surface area contributed by atoms with Crippen molar-refractivity contribution in [2.45, 2.75) is 39.0 Å². The lowest BCUT2D eigenvalue weighted by molar-refractivity contribution is 0.581. The number of sulfonamides is 1. The van der Waals surface area contributed by atoms with Gasteiger partial charge in [0.05, 0.1) is 10.6 Å². The molecule has 27 heavy (non-hydrogen) atoms. The molecule has 3 rings (SSSR count). The second kappa shape index (κ2) is 7.92. The van der Waals surface area contributed by atoms with E-state index >= 15 is 0 Å². The summed E-state index contributed by atoms with van der Waals surface area (Å²) in [6, 6.07) is 13.5. The Balaban J connectivity index is 1.69. The summed E-state index contributed by atoms with van der Waals surface area (Å²) in [5, 5.41) is 0.975. The average molecular weight is 401 g/mol. The van der Waals surface area contributed by atoms with Crippen LogP contribution in [0, 0.1) is 27.7 Å². The van der Waals surface area contributed by atoms with Gasteiger partial charge in [-0.3, -0.25) is 0 Å². The highest BCUT2D eigenvalue weighted by Crippen LogP contribution is 2.28. The Hall–Kier alpha value is -2.02. The van der Waals surface area contributed by atoms with E-state index in [4.69, 9.17) is 0 Å². The molecular weight excluding hydrogens is 376 g/mol. The van der Waals surface area contributed by atoms with E-state index in [2.05, 4.69) is 34.8 Å². The molecule has 1 aromatic heterocycles. The first-order valence-corrected chi connectivity index (χ1v) is 11.2. The molecule has 1 heterocycles. The summed E-state index contributed by atoms with van der Waals surface area (Å²) in [6.45, 7) is 8.28.